The molecule has 1 fully saturated rings. The molecule has 0 radical (unpaired) electrons. The highest BCUT2D eigenvalue weighted by atomic mass is 16.5. The first-order chi connectivity index (χ1) is 13.2. The molecular weight excluding hydrogens is 344 g/mol. The second-order valence-corrected chi connectivity index (χ2v) is 6.39. The minimum Gasteiger partial charge on any atom is -0.497 e. The van der Waals surface area contributed by atoms with E-state index in [9.17, 15) is 4.79 Å². The number of benzene rings is 2. The number of ether oxygens (including phenoxy) is 3. The molecule has 0 bridgehead atoms. The van der Waals surface area contributed by atoms with Crippen molar-refractivity contribution in [2.24, 2.45) is 0 Å². The second kappa shape index (κ2) is 9.28. The zero-order chi connectivity index (χ0) is 19.1. The minimum absolute atomic E-state index is 0.0757. The summed E-state index contributed by atoms with van der Waals surface area (Å²) in [5.74, 6) is 2.49. The Morgan fingerprint density at radius 2 is 1.33 bits per heavy atom. The second-order valence-electron chi connectivity index (χ2n) is 6.39. The Balaban J connectivity index is 1.40. The van der Waals surface area contributed by atoms with Crippen LogP contribution >= 0.6 is 0 Å². The van der Waals surface area contributed by atoms with E-state index in [1.54, 1.807) is 14.2 Å². The highest BCUT2D eigenvalue weighted by molar-refractivity contribution is 5.94. The van der Waals surface area contributed by atoms with Crippen LogP contribution in [-0.2, 0) is 0 Å². The van der Waals surface area contributed by atoms with E-state index >= 15 is 0 Å². The number of amides is 1. The summed E-state index contributed by atoms with van der Waals surface area (Å²) in [4.78, 5) is 16.8. The zero-order valence-electron chi connectivity index (χ0n) is 15.9. The van der Waals surface area contributed by atoms with Gasteiger partial charge in [0.05, 0.1) is 14.2 Å². The topological polar surface area (TPSA) is 51.2 Å². The van der Waals surface area contributed by atoms with Gasteiger partial charge in [0.25, 0.3) is 5.91 Å². The van der Waals surface area contributed by atoms with E-state index in [4.69, 9.17) is 14.2 Å². The van der Waals surface area contributed by atoms with Crippen molar-refractivity contribution in [1.82, 2.24) is 9.80 Å². The third-order valence-electron chi connectivity index (χ3n) is 4.73. The zero-order valence-corrected chi connectivity index (χ0v) is 15.9. The van der Waals surface area contributed by atoms with Crippen LogP contribution in [0.2, 0.25) is 0 Å². The fraction of sp³-hybridized carbons (Fsp3) is 0.381. The van der Waals surface area contributed by atoms with Crippen LogP contribution in [0.4, 0.5) is 0 Å². The Morgan fingerprint density at radius 3 is 1.89 bits per heavy atom. The summed E-state index contributed by atoms with van der Waals surface area (Å²) < 4.78 is 16.1. The van der Waals surface area contributed by atoms with Gasteiger partial charge in [0.2, 0.25) is 0 Å². The van der Waals surface area contributed by atoms with E-state index in [1.165, 1.54) is 0 Å². The largest absolute Gasteiger partial charge is 0.497 e. The van der Waals surface area contributed by atoms with Gasteiger partial charge in [0, 0.05) is 38.3 Å². The molecule has 3 rings (SSSR count). The Morgan fingerprint density at radius 1 is 0.815 bits per heavy atom. The van der Waals surface area contributed by atoms with Crippen molar-refractivity contribution in [2.75, 3.05) is 53.6 Å². The summed E-state index contributed by atoms with van der Waals surface area (Å²) in [6.07, 6.45) is 0. The molecule has 2 aromatic carbocycles. The maximum Gasteiger partial charge on any atom is 0.253 e. The van der Waals surface area contributed by atoms with Crippen LogP contribution in [0.3, 0.4) is 0 Å². The van der Waals surface area contributed by atoms with Crippen molar-refractivity contribution in [2.45, 2.75) is 0 Å². The predicted molar refractivity (Wildman–Crippen MR) is 104 cm³/mol. The van der Waals surface area contributed by atoms with Crippen LogP contribution in [-0.4, -0.2) is 69.3 Å². The van der Waals surface area contributed by atoms with Crippen LogP contribution in [0, 0.1) is 0 Å². The molecule has 6 nitrogen and oxygen atoms in total. The summed E-state index contributed by atoms with van der Waals surface area (Å²) in [7, 11) is 3.27. The van der Waals surface area contributed by atoms with Crippen LogP contribution in [0.1, 0.15) is 10.4 Å². The van der Waals surface area contributed by atoms with Crippen molar-refractivity contribution >= 4 is 5.91 Å². The molecule has 0 unspecified atom stereocenters. The fourth-order valence-corrected chi connectivity index (χ4v) is 3.06. The molecule has 0 saturated carbocycles. The van der Waals surface area contributed by atoms with E-state index in [1.807, 2.05) is 53.4 Å². The predicted octanol–water partition coefficient (Wildman–Crippen LogP) is 2.54. The Hall–Kier alpha value is -2.73. The summed E-state index contributed by atoms with van der Waals surface area (Å²) in [6, 6.07) is 14.9. The smallest absolute Gasteiger partial charge is 0.253 e. The summed E-state index contributed by atoms with van der Waals surface area (Å²) >= 11 is 0. The van der Waals surface area contributed by atoms with E-state index in [2.05, 4.69) is 4.90 Å². The molecule has 1 saturated heterocycles. The fourth-order valence-electron chi connectivity index (χ4n) is 3.06. The molecule has 0 aromatic heterocycles. The summed E-state index contributed by atoms with van der Waals surface area (Å²) in [5.41, 5.74) is 0.701. The number of methoxy groups -OCH3 is 2. The Labute approximate surface area is 160 Å². The number of hydrogen-bond acceptors (Lipinski definition) is 5. The molecule has 0 N–H and O–H groups in total. The lowest BCUT2D eigenvalue weighted by Crippen LogP contribution is -2.49. The standard InChI is InChI=1S/C21H26N2O4/c1-25-18-5-3-17(4-6-18)21(24)23-13-11-22(12-14-23)15-16-27-20-9-7-19(26-2)8-10-20/h3-10H,11-16H2,1-2H3. The first-order valence-electron chi connectivity index (χ1n) is 9.12. The minimum atomic E-state index is 0.0757. The highest BCUT2D eigenvalue weighted by Gasteiger charge is 2.22. The van der Waals surface area contributed by atoms with Crippen LogP contribution in [0.5, 0.6) is 17.2 Å². The van der Waals surface area contributed by atoms with Crippen molar-refractivity contribution < 1.29 is 19.0 Å². The van der Waals surface area contributed by atoms with Gasteiger partial charge in [-0.2, -0.15) is 0 Å². The van der Waals surface area contributed by atoms with Gasteiger partial charge in [-0.25, -0.2) is 0 Å². The normalized spacial score (nSPS) is 14.7. The van der Waals surface area contributed by atoms with Gasteiger partial charge in [0.1, 0.15) is 23.9 Å². The molecule has 0 spiro atoms. The van der Waals surface area contributed by atoms with Gasteiger partial charge in [-0.15, -0.1) is 0 Å². The lowest BCUT2D eigenvalue weighted by atomic mass is 10.1. The van der Waals surface area contributed by atoms with E-state index in [-0.39, 0.29) is 5.91 Å². The molecule has 2 aromatic rings. The van der Waals surface area contributed by atoms with Gasteiger partial charge < -0.3 is 19.1 Å². The molecule has 1 aliphatic heterocycles. The summed E-state index contributed by atoms with van der Waals surface area (Å²) in [5, 5.41) is 0. The van der Waals surface area contributed by atoms with Crippen molar-refractivity contribution in [3.63, 3.8) is 0 Å². The Bertz CT molecular complexity index is 723. The van der Waals surface area contributed by atoms with E-state index in [0.717, 1.165) is 50.0 Å². The highest BCUT2D eigenvalue weighted by Crippen LogP contribution is 2.17. The number of carbonyl (C=O) groups is 1. The van der Waals surface area contributed by atoms with Gasteiger partial charge in [-0.1, -0.05) is 0 Å². The third-order valence-corrected chi connectivity index (χ3v) is 4.73. The van der Waals surface area contributed by atoms with E-state index in [0.29, 0.717) is 12.2 Å². The molecule has 1 aliphatic rings. The number of nitrogens with zero attached hydrogens (tertiary/aromatic N) is 2. The number of rotatable bonds is 7. The van der Waals surface area contributed by atoms with Gasteiger partial charge in [-0.05, 0) is 48.5 Å². The molecule has 1 amide bonds. The first-order valence-corrected chi connectivity index (χ1v) is 9.12. The Kier molecular flexibility index (Phi) is 6.54. The van der Waals surface area contributed by atoms with Crippen molar-refractivity contribution in [3.8, 4) is 17.2 Å². The third kappa shape index (κ3) is 5.14. The average molecular weight is 370 g/mol. The van der Waals surface area contributed by atoms with Crippen molar-refractivity contribution in [1.29, 1.82) is 0 Å². The van der Waals surface area contributed by atoms with Crippen molar-refractivity contribution in [3.05, 3.63) is 54.1 Å². The SMILES string of the molecule is COc1ccc(OCCN2CCN(C(=O)c3ccc(OC)cc3)CC2)cc1. The maximum absolute atomic E-state index is 12.6. The molecule has 1 heterocycles. The van der Waals surface area contributed by atoms with Crippen LogP contribution in [0.15, 0.2) is 48.5 Å². The summed E-state index contributed by atoms with van der Waals surface area (Å²) in [6.45, 7) is 4.64. The monoisotopic (exact) mass is 370 g/mol. The molecule has 0 aliphatic carbocycles. The average Bonchev–Trinajstić information content (AvgIpc) is 2.74. The molecule has 27 heavy (non-hydrogen) atoms. The molecule has 0 atom stereocenters. The van der Waals surface area contributed by atoms with Gasteiger partial charge >= 0.3 is 0 Å². The molecular formula is C21H26N2O4. The lowest BCUT2D eigenvalue weighted by Gasteiger charge is -2.34. The van der Waals surface area contributed by atoms with Crippen LogP contribution in [0.25, 0.3) is 0 Å². The van der Waals surface area contributed by atoms with E-state index < -0.39 is 0 Å². The maximum atomic E-state index is 12.6. The number of piperazine rings is 1. The lowest BCUT2D eigenvalue weighted by molar-refractivity contribution is 0.0620. The quantitative estimate of drug-likeness (QED) is 0.750. The first kappa shape index (κ1) is 19.0. The molecule has 6 heteroatoms. The number of carbonyl (C=O) groups excluding carboxylic acids is 1. The molecule has 144 valence electrons. The van der Waals surface area contributed by atoms with Gasteiger partial charge in [-0.3, -0.25) is 9.69 Å². The van der Waals surface area contributed by atoms with Crippen LogP contribution < -0.4 is 14.2 Å². The number of hydrogen-bond donors (Lipinski definition) is 0. The van der Waals surface area contributed by atoms with Gasteiger partial charge in [0.15, 0.2) is 0 Å².